The second kappa shape index (κ2) is 17.6. The lowest BCUT2D eigenvalue weighted by molar-refractivity contribution is -0.260. The minimum atomic E-state index is -1.01. The summed E-state index contributed by atoms with van der Waals surface area (Å²) in [5, 5.41) is 10.7. The Bertz CT molecular complexity index is 937. The average molecular weight is 501 g/mol. The van der Waals surface area contributed by atoms with Gasteiger partial charge in [-0.2, -0.15) is 4.73 Å². The molecular formula is C29H44N2O5. The first-order valence-electron chi connectivity index (χ1n) is 13.6. The van der Waals surface area contributed by atoms with Gasteiger partial charge in [-0.1, -0.05) is 88.6 Å². The van der Waals surface area contributed by atoms with Crippen molar-refractivity contribution >= 4 is 22.8 Å². The molecule has 0 aliphatic carbocycles. The topological polar surface area (TPSA) is 104 Å². The molecule has 1 heterocycles. The molecule has 7 nitrogen and oxygen atoms in total. The number of nitrogens with zero attached hydrogens (tertiary/aromatic N) is 1. The third-order valence-corrected chi connectivity index (χ3v) is 6.38. The van der Waals surface area contributed by atoms with Gasteiger partial charge in [-0.3, -0.25) is 0 Å². The Kier molecular flexibility index (Phi) is 14.4. The summed E-state index contributed by atoms with van der Waals surface area (Å²) in [7, 11) is 0. The number of allylic oxidation sites excluding steroid dienone is 2. The van der Waals surface area contributed by atoms with Crippen LogP contribution in [0, 0.1) is 0 Å². The highest BCUT2D eigenvalue weighted by Gasteiger charge is 2.21. The van der Waals surface area contributed by atoms with E-state index in [4.69, 9.17) is 5.73 Å². The molecule has 0 aliphatic heterocycles. The van der Waals surface area contributed by atoms with Crippen LogP contribution >= 0.6 is 0 Å². The van der Waals surface area contributed by atoms with Gasteiger partial charge in [-0.05, 0) is 43.7 Å². The van der Waals surface area contributed by atoms with Gasteiger partial charge < -0.3 is 10.9 Å². The first-order valence-corrected chi connectivity index (χ1v) is 13.6. The van der Waals surface area contributed by atoms with Crippen LogP contribution in [0.3, 0.4) is 0 Å². The van der Waals surface area contributed by atoms with Crippen molar-refractivity contribution in [1.29, 1.82) is 0 Å². The van der Waals surface area contributed by atoms with E-state index in [9.17, 15) is 14.8 Å². The van der Waals surface area contributed by atoms with Crippen molar-refractivity contribution < 1.29 is 24.6 Å². The smallest absolute Gasteiger partial charge is 0.372 e. The lowest BCUT2D eigenvalue weighted by Crippen LogP contribution is -2.34. The Balaban J connectivity index is 1.47. The summed E-state index contributed by atoms with van der Waals surface area (Å²) in [5.41, 5.74) is 7.24. The van der Waals surface area contributed by atoms with Gasteiger partial charge in [0.05, 0.1) is 11.9 Å². The van der Waals surface area contributed by atoms with Gasteiger partial charge in [0.25, 0.3) is 0 Å². The lowest BCUT2D eigenvalue weighted by Gasteiger charge is -2.09. The molecule has 200 valence electrons. The standard InChI is InChI=1S/C29H44N2O5/c1-2-3-4-5-6-7-8-9-10-11-12-13-14-15-16-21-28(32)35-36-29(33)26(30)22-24-23-31(34)27-20-18-17-19-25(24)27/h9-10,17-20,23,26,34H,2-8,11-16,21-22,30H2,1H3/b10-9-. The van der Waals surface area contributed by atoms with E-state index in [1.54, 1.807) is 6.07 Å². The summed E-state index contributed by atoms with van der Waals surface area (Å²) in [6.45, 7) is 2.25. The van der Waals surface area contributed by atoms with Crippen LogP contribution in [-0.2, 0) is 25.8 Å². The first kappa shape index (κ1) is 29.4. The van der Waals surface area contributed by atoms with Crippen molar-refractivity contribution in [3.8, 4) is 0 Å². The van der Waals surface area contributed by atoms with Crippen molar-refractivity contribution in [2.24, 2.45) is 5.73 Å². The van der Waals surface area contributed by atoms with Crippen LogP contribution in [-0.4, -0.2) is 27.9 Å². The third kappa shape index (κ3) is 11.3. The molecule has 2 aromatic rings. The highest BCUT2D eigenvalue weighted by Crippen LogP contribution is 2.21. The predicted molar refractivity (Wildman–Crippen MR) is 142 cm³/mol. The number of hydrogen-bond acceptors (Lipinski definition) is 6. The molecule has 36 heavy (non-hydrogen) atoms. The maximum absolute atomic E-state index is 12.1. The van der Waals surface area contributed by atoms with Crippen LogP contribution in [0.25, 0.3) is 10.9 Å². The van der Waals surface area contributed by atoms with Gasteiger partial charge in [0.15, 0.2) is 0 Å². The van der Waals surface area contributed by atoms with Crippen LogP contribution < -0.4 is 5.73 Å². The molecule has 7 heteroatoms. The predicted octanol–water partition coefficient (Wildman–Crippen LogP) is 6.79. The van der Waals surface area contributed by atoms with E-state index in [1.165, 1.54) is 57.6 Å². The molecule has 0 bridgehead atoms. The van der Waals surface area contributed by atoms with Gasteiger partial charge in [0.2, 0.25) is 0 Å². The summed E-state index contributed by atoms with van der Waals surface area (Å²) < 4.78 is 0.997. The van der Waals surface area contributed by atoms with Crippen LogP contribution in [0.4, 0.5) is 0 Å². The van der Waals surface area contributed by atoms with Crippen molar-refractivity contribution in [3.05, 3.63) is 48.2 Å². The SMILES string of the molecule is CCCCCCCC/C=C\CCCCCCCC(=O)OOC(=O)C(N)Cc1cn(O)c2ccccc12. The average Bonchev–Trinajstić information content (AvgIpc) is 3.19. The molecular weight excluding hydrogens is 456 g/mol. The second-order valence-corrected chi connectivity index (χ2v) is 9.52. The van der Waals surface area contributed by atoms with E-state index in [2.05, 4.69) is 28.9 Å². The normalized spacial score (nSPS) is 12.3. The summed E-state index contributed by atoms with van der Waals surface area (Å²) in [4.78, 5) is 33.2. The van der Waals surface area contributed by atoms with E-state index in [0.29, 0.717) is 17.5 Å². The number of para-hydroxylation sites is 1. The van der Waals surface area contributed by atoms with Gasteiger partial charge in [0, 0.05) is 18.0 Å². The Morgan fingerprint density at radius 1 is 0.917 bits per heavy atom. The number of fused-ring (bicyclic) bond motifs is 1. The maximum atomic E-state index is 12.1. The van der Waals surface area contributed by atoms with Crippen LogP contribution in [0.5, 0.6) is 0 Å². The molecule has 0 spiro atoms. The molecule has 0 fully saturated rings. The van der Waals surface area contributed by atoms with Gasteiger partial charge >= 0.3 is 11.9 Å². The monoisotopic (exact) mass is 500 g/mol. The van der Waals surface area contributed by atoms with E-state index >= 15 is 0 Å². The lowest BCUT2D eigenvalue weighted by atomic mass is 10.1. The summed E-state index contributed by atoms with van der Waals surface area (Å²) >= 11 is 0. The van der Waals surface area contributed by atoms with Crippen molar-refractivity contribution in [1.82, 2.24) is 4.73 Å². The fraction of sp³-hybridized carbons (Fsp3) is 0.586. The maximum Gasteiger partial charge on any atom is 0.372 e. The Hall–Kier alpha value is -2.80. The molecule has 0 saturated heterocycles. The van der Waals surface area contributed by atoms with Crippen molar-refractivity contribution in [2.75, 3.05) is 0 Å². The van der Waals surface area contributed by atoms with Crippen LogP contribution in [0.2, 0.25) is 0 Å². The first-order chi connectivity index (χ1) is 17.5. The number of hydrogen-bond donors (Lipinski definition) is 2. The Morgan fingerprint density at radius 2 is 1.53 bits per heavy atom. The number of unbranched alkanes of at least 4 members (excludes halogenated alkanes) is 11. The third-order valence-electron chi connectivity index (χ3n) is 6.38. The van der Waals surface area contributed by atoms with Crippen LogP contribution in [0.15, 0.2) is 42.6 Å². The summed E-state index contributed by atoms with van der Waals surface area (Å²) in [5.74, 6) is -1.39. The van der Waals surface area contributed by atoms with Gasteiger partial charge in [-0.25, -0.2) is 19.4 Å². The number of aromatic nitrogens is 1. The Labute approximate surface area is 215 Å². The molecule has 0 amide bonds. The minimum Gasteiger partial charge on any atom is -0.428 e. The number of nitrogens with two attached hydrogens (primary N) is 1. The molecule has 2 rings (SSSR count). The fourth-order valence-corrected chi connectivity index (χ4v) is 4.25. The molecule has 0 radical (unpaired) electrons. The van der Waals surface area contributed by atoms with Crippen molar-refractivity contribution in [3.63, 3.8) is 0 Å². The molecule has 1 aromatic carbocycles. The quantitative estimate of drug-likeness (QED) is 0.0768. The number of carbonyl (C=O) groups is 2. The van der Waals surface area contributed by atoms with E-state index in [0.717, 1.165) is 35.8 Å². The summed E-state index contributed by atoms with van der Waals surface area (Å²) in [6, 6.07) is 6.24. The van der Waals surface area contributed by atoms with Gasteiger partial charge in [0.1, 0.15) is 6.04 Å². The number of benzene rings is 1. The number of rotatable bonds is 18. The second-order valence-electron chi connectivity index (χ2n) is 9.52. The van der Waals surface area contributed by atoms with E-state index < -0.39 is 18.0 Å². The van der Waals surface area contributed by atoms with Gasteiger partial charge in [-0.15, -0.1) is 0 Å². The molecule has 3 N–H and O–H groups in total. The number of carbonyl (C=O) groups excluding carboxylic acids is 2. The molecule has 1 unspecified atom stereocenters. The zero-order chi connectivity index (χ0) is 26.0. The molecule has 1 aromatic heterocycles. The largest absolute Gasteiger partial charge is 0.428 e. The zero-order valence-electron chi connectivity index (χ0n) is 21.8. The fourth-order valence-electron chi connectivity index (χ4n) is 4.25. The van der Waals surface area contributed by atoms with Crippen LogP contribution in [0.1, 0.15) is 102 Å². The summed E-state index contributed by atoms with van der Waals surface area (Å²) in [6.07, 6.45) is 21.9. The highest BCUT2D eigenvalue weighted by atomic mass is 17.2. The van der Waals surface area contributed by atoms with E-state index in [-0.39, 0.29) is 12.8 Å². The highest BCUT2D eigenvalue weighted by molar-refractivity contribution is 5.85. The molecule has 0 saturated carbocycles. The Morgan fingerprint density at radius 3 is 2.22 bits per heavy atom. The zero-order valence-corrected chi connectivity index (χ0v) is 21.8. The van der Waals surface area contributed by atoms with Crippen molar-refractivity contribution in [2.45, 2.75) is 109 Å². The minimum absolute atomic E-state index is 0.151. The molecule has 1 atom stereocenters. The molecule has 0 aliphatic rings. The van der Waals surface area contributed by atoms with E-state index in [1.807, 2.05) is 18.2 Å².